The molecular formula is C20H14N4OS3. The highest BCUT2D eigenvalue weighted by molar-refractivity contribution is 7.11. The van der Waals surface area contributed by atoms with Crippen LogP contribution in [0.5, 0.6) is 0 Å². The molecule has 0 aromatic carbocycles. The largest absolute Gasteiger partial charge is 0.384 e. The van der Waals surface area contributed by atoms with Crippen LogP contribution in [0.25, 0.3) is 17.5 Å². The van der Waals surface area contributed by atoms with E-state index in [9.17, 15) is 15.3 Å². The topological polar surface area (TPSA) is 95.6 Å². The van der Waals surface area contributed by atoms with Gasteiger partial charge in [0, 0.05) is 9.75 Å². The third-order valence-corrected chi connectivity index (χ3v) is 7.87. The summed E-state index contributed by atoms with van der Waals surface area (Å²) in [6.07, 6.45) is 1.83. The van der Waals surface area contributed by atoms with Crippen LogP contribution in [-0.4, -0.2) is 4.57 Å². The Hall–Kier alpha value is -2.91. The van der Waals surface area contributed by atoms with E-state index in [0.29, 0.717) is 14.8 Å². The Morgan fingerprint density at radius 1 is 1.11 bits per heavy atom. The molecule has 0 fully saturated rings. The Kier molecular flexibility index (Phi) is 4.56. The lowest BCUT2D eigenvalue weighted by molar-refractivity contribution is 0.911. The number of hydrogen-bond acceptors (Lipinski definition) is 7. The number of rotatable bonds is 2. The van der Waals surface area contributed by atoms with E-state index in [1.165, 1.54) is 27.2 Å². The molecule has 0 spiro atoms. The number of aryl methyl sites for hydroxylation is 2. The van der Waals surface area contributed by atoms with Gasteiger partial charge in [0.2, 0.25) is 0 Å². The van der Waals surface area contributed by atoms with Crippen LogP contribution in [0.4, 0.5) is 0 Å². The maximum atomic E-state index is 13.0. The molecular weight excluding hydrogens is 408 g/mol. The molecule has 138 valence electrons. The molecule has 0 saturated carbocycles. The van der Waals surface area contributed by atoms with Crippen LogP contribution < -0.4 is 20.5 Å². The van der Waals surface area contributed by atoms with Crippen molar-refractivity contribution < 1.29 is 0 Å². The summed E-state index contributed by atoms with van der Waals surface area (Å²) < 4.78 is 2.31. The highest BCUT2D eigenvalue weighted by Gasteiger charge is 2.33. The first-order chi connectivity index (χ1) is 13.5. The van der Waals surface area contributed by atoms with Crippen molar-refractivity contribution in [3.05, 3.63) is 68.9 Å². The highest BCUT2D eigenvalue weighted by Crippen LogP contribution is 2.39. The molecule has 8 heteroatoms. The lowest BCUT2D eigenvalue weighted by atomic mass is 9.88. The van der Waals surface area contributed by atoms with Gasteiger partial charge in [-0.3, -0.25) is 9.36 Å². The zero-order valence-electron chi connectivity index (χ0n) is 15.0. The van der Waals surface area contributed by atoms with Crippen LogP contribution in [0.1, 0.15) is 26.8 Å². The Morgan fingerprint density at radius 2 is 1.79 bits per heavy atom. The van der Waals surface area contributed by atoms with Gasteiger partial charge in [0.25, 0.3) is 5.56 Å². The summed E-state index contributed by atoms with van der Waals surface area (Å²) >= 11 is 4.28. The molecule has 1 aliphatic rings. The molecule has 1 aliphatic heterocycles. The molecule has 0 amide bonds. The summed E-state index contributed by atoms with van der Waals surface area (Å²) in [6.45, 7) is 3.93. The molecule has 0 unspecified atom stereocenters. The van der Waals surface area contributed by atoms with Gasteiger partial charge in [-0.05, 0) is 53.9 Å². The molecule has 3 aromatic rings. The molecule has 2 N–H and O–H groups in total. The number of fused-ring (bicyclic) bond motifs is 1. The minimum atomic E-state index is -0.538. The van der Waals surface area contributed by atoms with Gasteiger partial charge in [0.15, 0.2) is 0 Å². The van der Waals surface area contributed by atoms with Crippen LogP contribution in [-0.2, 0) is 0 Å². The summed E-state index contributed by atoms with van der Waals surface area (Å²) in [5.74, 6) is -0.428. The smallest absolute Gasteiger partial charge is 0.274 e. The minimum Gasteiger partial charge on any atom is -0.384 e. The Balaban J connectivity index is 2.11. The van der Waals surface area contributed by atoms with Gasteiger partial charge in [0.05, 0.1) is 33.7 Å². The van der Waals surface area contributed by atoms with Crippen molar-refractivity contribution in [2.75, 3.05) is 0 Å². The summed E-state index contributed by atoms with van der Waals surface area (Å²) in [4.78, 5) is 14.9. The molecule has 1 atom stereocenters. The molecule has 0 radical (unpaired) electrons. The van der Waals surface area contributed by atoms with E-state index in [-0.39, 0.29) is 17.0 Å². The lowest BCUT2D eigenvalue weighted by Gasteiger charge is -2.21. The fourth-order valence-electron chi connectivity index (χ4n) is 3.25. The first kappa shape index (κ1) is 18.5. The average Bonchev–Trinajstić information content (AvgIpc) is 3.36. The van der Waals surface area contributed by atoms with E-state index in [1.807, 2.05) is 42.8 Å². The molecule has 5 nitrogen and oxygen atoms in total. The van der Waals surface area contributed by atoms with Crippen molar-refractivity contribution in [3.8, 4) is 12.1 Å². The van der Waals surface area contributed by atoms with Gasteiger partial charge < -0.3 is 5.73 Å². The van der Waals surface area contributed by atoms with Crippen LogP contribution in [0.3, 0.4) is 0 Å². The summed E-state index contributed by atoms with van der Waals surface area (Å²) in [6, 6.07) is 8.33. The maximum Gasteiger partial charge on any atom is 0.274 e. The van der Waals surface area contributed by atoms with Gasteiger partial charge in [-0.1, -0.05) is 0 Å². The van der Waals surface area contributed by atoms with Crippen molar-refractivity contribution in [1.82, 2.24) is 4.57 Å². The molecule has 0 saturated heterocycles. The average molecular weight is 423 g/mol. The summed E-state index contributed by atoms with van der Waals surface area (Å²) in [5, 5.41) is 23.6. The molecule has 0 aliphatic carbocycles. The van der Waals surface area contributed by atoms with Gasteiger partial charge >= 0.3 is 0 Å². The monoisotopic (exact) mass is 422 g/mol. The van der Waals surface area contributed by atoms with Crippen molar-refractivity contribution >= 4 is 51.5 Å². The van der Waals surface area contributed by atoms with E-state index in [0.717, 1.165) is 20.9 Å². The number of thiazole rings is 1. The second kappa shape index (κ2) is 6.92. The molecule has 4 rings (SSSR count). The number of thiophene rings is 2. The number of allylic oxidation sites excluding steroid dienone is 1. The van der Waals surface area contributed by atoms with Gasteiger partial charge in [-0.2, -0.15) is 10.5 Å². The zero-order valence-corrected chi connectivity index (χ0v) is 17.5. The number of nitrogens with zero attached hydrogens (tertiary/aromatic N) is 3. The molecule has 0 bridgehead atoms. The number of aromatic nitrogens is 1. The summed E-state index contributed by atoms with van der Waals surface area (Å²) in [5.41, 5.74) is 8.69. The van der Waals surface area contributed by atoms with Crippen molar-refractivity contribution in [2.45, 2.75) is 19.8 Å². The van der Waals surface area contributed by atoms with Crippen LogP contribution in [0.2, 0.25) is 0 Å². The molecule has 3 aromatic heterocycles. The Morgan fingerprint density at radius 3 is 2.36 bits per heavy atom. The number of hydrogen-bond donors (Lipinski definition) is 1. The quantitative estimate of drug-likeness (QED) is 0.687. The van der Waals surface area contributed by atoms with Gasteiger partial charge in [-0.15, -0.1) is 34.0 Å². The second-order valence-corrected chi connectivity index (χ2v) is 9.29. The number of nitriles is 2. The van der Waals surface area contributed by atoms with Crippen LogP contribution >= 0.6 is 34.0 Å². The molecule has 28 heavy (non-hydrogen) atoms. The normalized spacial score (nSPS) is 16.8. The van der Waals surface area contributed by atoms with E-state index in [4.69, 9.17) is 5.73 Å². The second-order valence-electron chi connectivity index (χ2n) is 6.36. The summed E-state index contributed by atoms with van der Waals surface area (Å²) in [7, 11) is 0. The zero-order chi connectivity index (χ0) is 20.0. The molecule has 4 heterocycles. The number of nitrogens with two attached hydrogens (primary N) is 1. The standard InChI is InChI=1S/C20H14N4OS3/c1-10-3-5-26-14(10)7-15-19(25)24-18(23)12(8-21)16(13(9-22)20(24)28-15)17-11(2)4-6-27-17/h3-7,16H,23H2,1-2H3/b15-7-/t16-/m0/s1. The van der Waals surface area contributed by atoms with Crippen LogP contribution in [0, 0.1) is 36.5 Å². The van der Waals surface area contributed by atoms with Gasteiger partial charge in [-0.25, -0.2) is 0 Å². The first-order valence-electron chi connectivity index (χ1n) is 8.34. The first-order valence-corrected chi connectivity index (χ1v) is 10.9. The third kappa shape index (κ3) is 2.66. The predicted octanol–water partition coefficient (Wildman–Crippen LogP) is 2.60. The fourth-order valence-corrected chi connectivity index (χ4v) is 6.33. The Labute approximate surface area is 172 Å². The van der Waals surface area contributed by atoms with E-state index >= 15 is 0 Å². The van der Waals surface area contributed by atoms with Crippen LogP contribution in [0.15, 0.2) is 33.3 Å². The van der Waals surface area contributed by atoms with E-state index < -0.39 is 5.92 Å². The van der Waals surface area contributed by atoms with Crippen molar-refractivity contribution in [3.63, 3.8) is 0 Å². The maximum absolute atomic E-state index is 13.0. The van der Waals surface area contributed by atoms with Crippen molar-refractivity contribution in [1.29, 1.82) is 10.5 Å². The fraction of sp³-hybridized carbons (Fsp3) is 0.150. The highest BCUT2D eigenvalue weighted by atomic mass is 32.1. The van der Waals surface area contributed by atoms with Crippen molar-refractivity contribution in [2.24, 2.45) is 5.73 Å². The van der Waals surface area contributed by atoms with Gasteiger partial charge in [0.1, 0.15) is 10.5 Å². The lowest BCUT2D eigenvalue weighted by Crippen LogP contribution is -2.38. The Bertz CT molecular complexity index is 1400. The SMILES string of the molecule is Cc1ccsc1/C=c1\sc2n(c1=O)C(N)=C(C#N)[C@H](c1sccc1C)C=2C#N. The third-order valence-electron chi connectivity index (χ3n) is 4.72. The van der Waals surface area contributed by atoms with E-state index in [1.54, 1.807) is 11.3 Å². The minimum absolute atomic E-state index is 0.109. The predicted molar refractivity (Wildman–Crippen MR) is 114 cm³/mol. The van der Waals surface area contributed by atoms with E-state index in [2.05, 4.69) is 12.1 Å².